The first-order chi connectivity index (χ1) is 14.1. The molecule has 0 amide bonds. The molecule has 0 atom stereocenters. The van der Waals surface area contributed by atoms with E-state index in [9.17, 15) is 14.6 Å². The quantitative estimate of drug-likeness (QED) is 0.524. The first-order valence-corrected chi connectivity index (χ1v) is 9.13. The number of nitrogens with zero attached hydrogens (tertiary/aromatic N) is 2. The fraction of sp³-hybridized carbons (Fsp3) is 0.130. The summed E-state index contributed by atoms with van der Waals surface area (Å²) >= 11 is 0. The molecule has 0 saturated carbocycles. The van der Waals surface area contributed by atoms with Crippen LogP contribution < -0.4 is 0 Å². The van der Waals surface area contributed by atoms with Gasteiger partial charge < -0.3 is 14.7 Å². The van der Waals surface area contributed by atoms with Crippen molar-refractivity contribution in [3.05, 3.63) is 83.2 Å². The summed E-state index contributed by atoms with van der Waals surface area (Å²) in [5.74, 6) is 0.485. The zero-order chi connectivity index (χ0) is 20.4. The van der Waals surface area contributed by atoms with Crippen molar-refractivity contribution in [1.29, 1.82) is 0 Å². The van der Waals surface area contributed by atoms with Gasteiger partial charge in [0.1, 0.15) is 5.82 Å². The molecule has 1 heterocycles. The van der Waals surface area contributed by atoms with Crippen LogP contribution in [-0.2, 0) is 13.2 Å². The maximum atomic E-state index is 13.5. The second-order valence-corrected chi connectivity index (χ2v) is 6.76. The predicted molar refractivity (Wildman–Crippen MR) is 107 cm³/mol. The minimum absolute atomic E-state index is 0.148. The van der Waals surface area contributed by atoms with Gasteiger partial charge in [-0.1, -0.05) is 35.5 Å². The van der Waals surface area contributed by atoms with Crippen molar-refractivity contribution >= 4 is 0 Å². The molecule has 3 aromatic carbocycles. The van der Waals surface area contributed by atoms with Gasteiger partial charge in [-0.2, -0.15) is 4.98 Å². The lowest BCUT2D eigenvalue weighted by atomic mass is 9.98. The Morgan fingerprint density at radius 1 is 0.862 bits per heavy atom. The van der Waals surface area contributed by atoms with E-state index in [-0.39, 0.29) is 19.0 Å². The van der Waals surface area contributed by atoms with Gasteiger partial charge in [0.15, 0.2) is 0 Å². The maximum absolute atomic E-state index is 13.5. The van der Waals surface area contributed by atoms with Crippen LogP contribution in [0.4, 0.5) is 4.39 Å². The van der Waals surface area contributed by atoms with Gasteiger partial charge in [-0.05, 0) is 65.1 Å². The van der Waals surface area contributed by atoms with Crippen LogP contribution in [-0.4, -0.2) is 20.4 Å². The van der Waals surface area contributed by atoms with Crippen LogP contribution in [0.1, 0.15) is 16.7 Å². The molecule has 0 aliphatic rings. The van der Waals surface area contributed by atoms with Crippen LogP contribution in [0.2, 0.25) is 0 Å². The maximum Gasteiger partial charge on any atom is 0.258 e. The van der Waals surface area contributed by atoms with E-state index in [1.165, 1.54) is 12.1 Å². The van der Waals surface area contributed by atoms with E-state index in [1.807, 2.05) is 31.2 Å². The molecular formula is C23H19FN2O3. The number of aryl methyl sites for hydroxylation is 1. The van der Waals surface area contributed by atoms with Gasteiger partial charge in [-0.15, -0.1) is 0 Å². The lowest BCUT2D eigenvalue weighted by molar-refractivity contribution is 0.260. The molecule has 0 aliphatic heterocycles. The highest BCUT2D eigenvalue weighted by molar-refractivity contribution is 5.71. The Labute approximate surface area is 167 Å². The van der Waals surface area contributed by atoms with E-state index in [1.54, 1.807) is 24.3 Å². The van der Waals surface area contributed by atoms with Crippen LogP contribution in [0.15, 0.2) is 65.2 Å². The number of aromatic nitrogens is 2. The highest BCUT2D eigenvalue weighted by Gasteiger charge is 2.14. The average molecular weight is 390 g/mol. The highest BCUT2D eigenvalue weighted by atomic mass is 19.1. The van der Waals surface area contributed by atoms with Gasteiger partial charge >= 0.3 is 0 Å². The summed E-state index contributed by atoms with van der Waals surface area (Å²) in [6, 6.07) is 17.4. The van der Waals surface area contributed by atoms with E-state index in [0.717, 1.165) is 22.3 Å². The second-order valence-electron chi connectivity index (χ2n) is 6.76. The van der Waals surface area contributed by atoms with Gasteiger partial charge in [-0.3, -0.25) is 0 Å². The molecule has 6 heteroatoms. The molecule has 0 radical (unpaired) electrons. The first kappa shape index (κ1) is 19.0. The second kappa shape index (κ2) is 7.95. The molecule has 0 spiro atoms. The Hall–Kier alpha value is -3.35. The fourth-order valence-electron chi connectivity index (χ4n) is 3.30. The third-order valence-corrected chi connectivity index (χ3v) is 4.84. The fourth-order valence-corrected chi connectivity index (χ4v) is 3.30. The highest BCUT2D eigenvalue weighted by Crippen LogP contribution is 2.29. The van der Waals surface area contributed by atoms with Crippen molar-refractivity contribution in [1.82, 2.24) is 10.1 Å². The van der Waals surface area contributed by atoms with Crippen LogP contribution in [0.25, 0.3) is 34.0 Å². The van der Waals surface area contributed by atoms with Crippen LogP contribution in [0, 0.1) is 12.7 Å². The van der Waals surface area contributed by atoms with Crippen molar-refractivity contribution in [3.8, 4) is 34.0 Å². The molecule has 0 bridgehead atoms. The van der Waals surface area contributed by atoms with Gasteiger partial charge in [0.05, 0.1) is 13.2 Å². The summed E-state index contributed by atoms with van der Waals surface area (Å²) in [7, 11) is 0. The van der Waals surface area contributed by atoms with Crippen LogP contribution >= 0.6 is 0 Å². The van der Waals surface area contributed by atoms with Gasteiger partial charge in [0.25, 0.3) is 5.89 Å². The summed E-state index contributed by atoms with van der Waals surface area (Å²) in [5.41, 5.74) is 5.42. The van der Waals surface area contributed by atoms with E-state index >= 15 is 0 Å². The number of benzene rings is 3. The monoisotopic (exact) mass is 390 g/mol. The number of halogens is 1. The van der Waals surface area contributed by atoms with E-state index < -0.39 is 0 Å². The number of aliphatic hydroxyl groups is 2. The van der Waals surface area contributed by atoms with Gasteiger partial charge in [-0.25, -0.2) is 4.39 Å². The standard InChI is InChI=1S/C23H19FN2O3/c1-14-9-17(7-8-21(14)15-3-2-4-20(24)11-15)23-25-22(26-29-23)16-5-6-18(12-27)19(10-16)13-28/h2-11,27-28H,12-13H2,1H3. The molecule has 146 valence electrons. The summed E-state index contributed by atoms with van der Waals surface area (Å²) in [6.45, 7) is 1.61. The smallest absolute Gasteiger partial charge is 0.258 e. The Kier molecular flexibility index (Phi) is 5.20. The van der Waals surface area contributed by atoms with E-state index in [0.29, 0.717) is 28.4 Å². The first-order valence-electron chi connectivity index (χ1n) is 9.13. The third-order valence-electron chi connectivity index (χ3n) is 4.84. The zero-order valence-corrected chi connectivity index (χ0v) is 15.8. The van der Waals surface area contributed by atoms with Crippen LogP contribution in [0.3, 0.4) is 0 Å². The minimum Gasteiger partial charge on any atom is -0.392 e. The topological polar surface area (TPSA) is 79.4 Å². The van der Waals surface area contributed by atoms with E-state index in [4.69, 9.17) is 4.52 Å². The van der Waals surface area contributed by atoms with Crippen LogP contribution in [0.5, 0.6) is 0 Å². The number of hydrogen-bond donors (Lipinski definition) is 2. The number of aliphatic hydroxyl groups excluding tert-OH is 2. The Morgan fingerprint density at radius 2 is 1.66 bits per heavy atom. The van der Waals surface area contributed by atoms with Crippen molar-refractivity contribution in [3.63, 3.8) is 0 Å². The molecular weight excluding hydrogens is 371 g/mol. The van der Waals surface area contributed by atoms with Crippen molar-refractivity contribution in [2.24, 2.45) is 0 Å². The predicted octanol–water partition coefficient (Wildman–Crippen LogP) is 4.50. The van der Waals surface area contributed by atoms with Crippen molar-refractivity contribution in [2.45, 2.75) is 20.1 Å². The Balaban J connectivity index is 1.66. The van der Waals surface area contributed by atoms with Gasteiger partial charge in [0, 0.05) is 11.1 Å². The molecule has 0 unspecified atom stereocenters. The molecule has 0 saturated heterocycles. The van der Waals surface area contributed by atoms with E-state index in [2.05, 4.69) is 10.1 Å². The largest absolute Gasteiger partial charge is 0.392 e. The molecule has 0 fully saturated rings. The molecule has 4 rings (SSSR count). The normalized spacial score (nSPS) is 11.0. The molecule has 29 heavy (non-hydrogen) atoms. The molecule has 4 aromatic rings. The lowest BCUT2D eigenvalue weighted by Crippen LogP contribution is -1.95. The average Bonchev–Trinajstić information content (AvgIpc) is 3.23. The third kappa shape index (κ3) is 3.81. The molecule has 5 nitrogen and oxygen atoms in total. The number of rotatable bonds is 5. The summed E-state index contributed by atoms with van der Waals surface area (Å²) in [5, 5.41) is 22.8. The zero-order valence-electron chi connectivity index (χ0n) is 15.8. The molecule has 0 aliphatic carbocycles. The minimum atomic E-state index is -0.276. The van der Waals surface area contributed by atoms with Gasteiger partial charge in [0.2, 0.25) is 5.82 Å². The Morgan fingerprint density at radius 3 is 2.38 bits per heavy atom. The summed E-state index contributed by atoms with van der Waals surface area (Å²) in [4.78, 5) is 4.46. The van der Waals surface area contributed by atoms with Crippen molar-refractivity contribution < 1.29 is 19.1 Å². The molecule has 1 aromatic heterocycles. The van der Waals surface area contributed by atoms with Crippen molar-refractivity contribution in [2.75, 3.05) is 0 Å². The number of hydrogen-bond acceptors (Lipinski definition) is 5. The lowest BCUT2D eigenvalue weighted by Gasteiger charge is -2.07. The molecule has 2 N–H and O–H groups in total. The summed E-state index contributed by atoms with van der Waals surface area (Å²) < 4.78 is 19.0. The Bertz CT molecular complexity index is 1170. The summed E-state index contributed by atoms with van der Waals surface area (Å²) in [6.07, 6.45) is 0. The SMILES string of the molecule is Cc1cc(-c2nc(-c3ccc(CO)c(CO)c3)no2)ccc1-c1cccc(F)c1.